The van der Waals surface area contributed by atoms with Gasteiger partial charge in [-0.15, -0.1) is 0 Å². The molecule has 86 valence electrons. The molecule has 0 fully saturated rings. The topological polar surface area (TPSA) is 63.6 Å². The van der Waals surface area contributed by atoms with E-state index in [1.807, 2.05) is 0 Å². The smallest absolute Gasteiger partial charge is 0.335 e. The third-order valence-electron chi connectivity index (χ3n) is 1.92. The van der Waals surface area contributed by atoms with Crippen LogP contribution in [0.2, 0.25) is 0 Å². The van der Waals surface area contributed by atoms with E-state index in [4.69, 9.17) is 9.84 Å². The summed E-state index contributed by atoms with van der Waals surface area (Å²) in [6.07, 6.45) is -0.0184. The highest BCUT2D eigenvalue weighted by molar-refractivity contribution is 9.09. The average Bonchev–Trinajstić information content (AvgIpc) is 2.27. The molecule has 0 unspecified atom stereocenters. The number of halogens is 1. The van der Waals surface area contributed by atoms with E-state index in [0.29, 0.717) is 10.9 Å². The highest BCUT2D eigenvalue weighted by atomic mass is 79.9. The van der Waals surface area contributed by atoms with Crippen LogP contribution in [0.4, 0.5) is 0 Å². The van der Waals surface area contributed by atoms with Gasteiger partial charge in [-0.1, -0.05) is 34.1 Å². The van der Waals surface area contributed by atoms with E-state index >= 15 is 0 Å². The molecule has 0 saturated heterocycles. The molecule has 0 amide bonds. The number of rotatable bonds is 5. The lowest BCUT2D eigenvalue weighted by Gasteiger charge is -2.05. The maximum absolute atomic E-state index is 11.3. The number of hydrogen-bond donors (Lipinski definition) is 1. The molecular formula is C11H11BrO4. The highest BCUT2D eigenvalue weighted by Crippen LogP contribution is 2.10. The van der Waals surface area contributed by atoms with E-state index in [0.717, 1.165) is 0 Å². The van der Waals surface area contributed by atoms with E-state index in [1.54, 1.807) is 18.2 Å². The zero-order valence-electron chi connectivity index (χ0n) is 8.48. The first-order valence-corrected chi connectivity index (χ1v) is 5.80. The largest absolute Gasteiger partial charge is 0.478 e. The molecule has 0 radical (unpaired) electrons. The van der Waals surface area contributed by atoms with Gasteiger partial charge in [0.1, 0.15) is 6.61 Å². The molecule has 0 saturated carbocycles. The summed E-state index contributed by atoms with van der Waals surface area (Å²) in [6.45, 7) is 0.286. The fraction of sp³-hybridized carbons (Fsp3) is 0.273. The van der Waals surface area contributed by atoms with Gasteiger partial charge in [-0.2, -0.15) is 0 Å². The first-order chi connectivity index (χ1) is 7.65. The molecule has 0 atom stereocenters. The first-order valence-electron chi connectivity index (χ1n) is 4.68. The maximum Gasteiger partial charge on any atom is 0.335 e. The van der Waals surface area contributed by atoms with Gasteiger partial charge in [0.25, 0.3) is 0 Å². The van der Waals surface area contributed by atoms with Crippen molar-refractivity contribution in [1.29, 1.82) is 0 Å². The Labute approximate surface area is 101 Å². The normalized spacial score (nSPS) is 9.81. The van der Waals surface area contributed by atoms with Crippen LogP contribution in [-0.2, 0) is 16.0 Å². The molecule has 0 aliphatic heterocycles. The Kier molecular flexibility index (Phi) is 4.98. The quantitative estimate of drug-likeness (QED) is 0.663. The van der Waals surface area contributed by atoms with Crippen molar-refractivity contribution in [3.63, 3.8) is 0 Å². The fourth-order valence-electron chi connectivity index (χ4n) is 1.24. The number of alkyl halides is 1. The van der Waals surface area contributed by atoms with Gasteiger partial charge in [-0.25, -0.2) is 4.79 Å². The van der Waals surface area contributed by atoms with Crippen molar-refractivity contribution in [1.82, 2.24) is 0 Å². The lowest BCUT2D eigenvalue weighted by molar-refractivity contribution is -0.142. The second-order valence-electron chi connectivity index (χ2n) is 3.05. The number of carbonyl (C=O) groups excluding carboxylic acids is 1. The van der Waals surface area contributed by atoms with Crippen molar-refractivity contribution >= 4 is 27.9 Å². The van der Waals surface area contributed by atoms with Gasteiger partial charge in [0.2, 0.25) is 0 Å². The van der Waals surface area contributed by atoms with Crippen LogP contribution < -0.4 is 0 Å². The Bertz CT molecular complexity index is 389. The van der Waals surface area contributed by atoms with Crippen molar-refractivity contribution < 1.29 is 19.4 Å². The SMILES string of the molecule is O=C(Cc1ccccc1C(=O)O)OCCBr. The molecule has 0 heterocycles. The molecule has 1 aromatic carbocycles. The maximum atomic E-state index is 11.3. The number of carboxylic acid groups (broad SMARTS) is 1. The standard InChI is InChI=1S/C11H11BrO4/c12-5-6-16-10(13)7-8-3-1-2-4-9(8)11(14)15/h1-4H,5-7H2,(H,14,15). The second kappa shape index (κ2) is 6.27. The summed E-state index contributed by atoms with van der Waals surface area (Å²) in [7, 11) is 0. The number of ether oxygens (including phenoxy) is 1. The minimum atomic E-state index is -1.04. The minimum Gasteiger partial charge on any atom is -0.478 e. The Morgan fingerprint density at radius 3 is 2.62 bits per heavy atom. The molecule has 1 aromatic rings. The van der Waals surface area contributed by atoms with Crippen molar-refractivity contribution in [2.24, 2.45) is 0 Å². The lowest BCUT2D eigenvalue weighted by atomic mass is 10.1. The molecule has 0 aliphatic carbocycles. The summed E-state index contributed by atoms with van der Waals surface area (Å²) in [5, 5.41) is 9.46. The van der Waals surface area contributed by atoms with Gasteiger partial charge >= 0.3 is 11.9 Å². The monoisotopic (exact) mass is 286 g/mol. The molecule has 16 heavy (non-hydrogen) atoms. The average molecular weight is 287 g/mol. The molecule has 1 rings (SSSR count). The van der Waals surface area contributed by atoms with Crippen LogP contribution in [-0.4, -0.2) is 29.0 Å². The van der Waals surface area contributed by atoms with E-state index in [-0.39, 0.29) is 18.6 Å². The third-order valence-corrected chi connectivity index (χ3v) is 2.25. The van der Waals surface area contributed by atoms with Crippen LogP contribution >= 0.6 is 15.9 Å². The van der Waals surface area contributed by atoms with Gasteiger partial charge in [-0.3, -0.25) is 4.79 Å². The van der Waals surface area contributed by atoms with Crippen LogP contribution in [0.5, 0.6) is 0 Å². The number of carbonyl (C=O) groups is 2. The number of hydrogen-bond acceptors (Lipinski definition) is 3. The van der Waals surface area contributed by atoms with Crippen LogP contribution in [0, 0.1) is 0 Å². The van der Waals surface area contributed by atoms with E-state index in [9.17, 15) is 9.59 Å². The van der Waals surface area contributed by atoms with Crippen LogP contribution in [0.3, 0.4) is 0 Å². The summed E-state index contributed by atoms with van der Waals surface area (Å²) in [5.41, 5.74) is 0.605. The predicted molar refractivity (Wildman–Crippen MR) is 61.9 cm³/mol. The summed E-state index contributed by atoms with van der Waals surface area (Å²) in [4.78, 5) is 22.2. The Balaban J connectivity index is 2.73. The van der Waals surface area contributed by atoms with Gasteiger partial charge in [0.05, 0.1) is 12.0 Å². The molecule has 0 aromatic heterocycles. The Hall–Kier alpha value is -1.36. The van der Waals surface area contributed by atoms with Crippen LogP contribution in [0.25, 0.3) is 0 Å². The zero-order valence-corrected chi connectivity index (χ0v) is 10.1. The van der Waals surface area contributed by atoms with Gasteiger partial charge < -0.3 is 9.84 Å². The number of carboxylic acids is 1. The fourth-order valence-corrected chi connectivity index (χ4v) is 1.40. The zero-order chi connectivity index (χ0) is 12.0. The highest BCUT2D eigenvalue weighted by Gasteiger charge is 2.12. The Morgan fingerprint density at radius 1 is 1.31 bits per heavy atom. The molecule has 4 nitrogen and oxygen atoms in total. The summed E-state index contributed by atoms with van der Waals surface area (Å²) >= 11 is 3.13. The number of aromatic carboxylic acids is 1. The van der Waals surface area contributed by atoms with E-state index in [1.165, 1.54) is 6.07 Å². The summed E-state index contributed by atoms with van der Waals surface area (Å²) in [5.74, 6) is -1.46. The molecule has 0 aliphatic rings. The molecule has 5 heteroatoms. The van der Waals surface area contributed by atoms with Crippen LogP contribution in [0.1, 0.15) is 15.9 Å². The van der Waals surface area contributed by atoms with Gasteiger partial charge in [-0.05, 0) is 11.6 Å². The first kappa shape index (κ1) is 12.7. The number of esters is 1. The van der Waals surface area contributed by atoms with Crippen molar-refractivity contribution in [2.45, 2.75) is 6.42 Å². The predicted octanol–water partition coefficient (Wildman–Crippen LogP) is 1.87. The summed E-state index contributed by atoms with van der Waals surface area (Å²) < 4.78 is 4.85. The van der Waals surface area contributed by atoms with E-state index in [2.05, 4.69) is 15.9 Å². The Morgan fingerprint density at radius 2 is 2.00 bits per heavy atom. The molecular weight excluding hydrogens is 276 g/mol. The van der Waals surface area contributed by atoms with Gasteiger partial charge in [0, 0.05) is 5.33 Å². The molecule has 0 bridgehead atoms. The minimum absolute atomic E-state index is 0.0184. The van der Waals surface area contributed by atoms with Gasteiger partial charge in [0.15, 0.2) is 0 Å². The van der Waals surface area contributed by atoms with Crippen molar-refractivity contribution in [3.8, 4) is 0 Å². The molecule has 0 spiro atoms. The lowest BCUT2D eigenvalue weighted by Crippen LogP contribution is -2.12. The van der Waals surface area contributed by atoms with E-state index < -0.39 is 11.9 Å². The third kappa shape index (κ3) is 3.66. The second-order valence-corrected chi connectivity index (χ2v) is 3.84. The van der Waals surface area contributed by atoms with Crippen LogP contribution in [0.15, 0.2) is 24.3 Å². The number of benzene rings is 1. The molecule has 1 N–H and O–H groups in total. The van der Waals surface area contributed by atoms with Crippen molar-refractivity contribution in [3.05, 3.63) is 35.4 Å². The summed E-state index contributed by atoms with van der Waals surface area (Å²) in [6, 6.07) is 6.39. The van der Waals surface area contributed by atoms with Crippen molar-refractivity contribution in [2.75, 3.05) is 11.9 Å².